The smallest absolute Gasteiger partial charge is 0.315 e. The molecule has 7 heteroatoms. The maximum Gasteiger partial charge on any atom is 0.315 e. The van der Waals surface area contributed by atoms with E-state index >= 15 is 0 Å². The van der Waals surface area contributed by atoms with E-state index in [2.05, 4.69) is 20.5 Å². The molecule has 7 nitrogen and oxygen atoms in total. The maximum atomic E-state index is 6.19. The van der Waals surface area contributed by atoms with Crippen molar-refractivity contribution in [1.82, 2.24) is 19.7 Å². The van der Waals surface area contributed by atoms with Gasteiger partial charge in [0.1, 0.15) is 6.04 Å². The molecule has 4 aromatic rings. The van der Waals surface area contributed by atoms with Crippen molar-refractivity contribution in [1.29, 1.82) is 0 Å². The molecule has 0 radical (unpaired) electrons. The van der Waals surface area contributed by atoms with Crippen molar-refractivity contribution in [3.63, 3.8) is 0 Å². The van der Waals surface area contributed by atoms with Crippen LogP contribution in [0, 0.1) is 0 Å². The van der Waals surface area contributed by atoms with E-state index in [4.69, 9.17) is 10.2 Å². The van der Waals surface area contributed by atoms with Crippen molar-refractivity contribution < 1.29 is 4.42 Å². The van der Waals surface area contributed by atoms with Crippen LogP contribution in [0.25, 0.3) is 5.69 Å². The number of para-hydroxylation sites is 1. The first-order valence-corrected chi connectivity index (χ1v) is 8.25. The third-order valence-corrected chi connectivity index (χ3v) is 4.07. The molecular weight excluding hydrogens is 328 g/mol. The van der Waals surface area contributed by atoms with E-state index in [1.54, 1.807) is 12.5 Å². The Kier molecular flexibility index (Phi) is 4.44. The molecule has 0 unspecified atom stereocenters. The Morgan fingerprint density at radius 3 is 2.65 bits per heavy atom. The Hall–Kier alpha value is -3.45. The number of nitrogens with one attached hydrogen (secondary N) is 1. The third-order valence-electron chi connectivity index (χ3n) is 4.07. The maximum absolute atomic E-state index is 6.19. The number of aromatic nitrogens is 4. The van der Waals surface area contributed by atoms with Gasteiger partial charge in [0.15, 0.2) is 0 Å². The van der Waals surface area contributed by atoms with Crippen LogP contribution in [0.15, 0.2) is 77.7 Å². The molecule has 4 rings (SSSR count). The first-order chi connectivity index (χ1) is 12.8. The van der Waals surface area contributed by atoms with Gasteiger partial charge in [-0.1, -0.05) is 53.6 Å². The van der Waals surface area contributed by atoms with E-state index in [0.29, 0.717) is 18.5 Å². The third kappa shape index (κ3) is 3.33. The van der Waals surface area contributed by atoms with Gasteiger partial charge in [-0.15, -0.1) is 5.10 Å². The van der Waals surface area contributed by atoms with Crippen LogP contribution in [0.2, 0.25) is 0 Å². The van der Waals surface area contributed by atoms with Gasteiger partial charge in [0.05, 0.1) is 12.0 Å². The number of anilines is 1. The summed E-state index contributed by atoms with van der Waals surface area (Å²) >= 11 is 0. The number of hydrogen-bond donors (Lipinski definition) is 2. The van der Waals surface area contributed by atoms with Gasteiger partial charge in [-0.05, 0) is 17.2 Å². The van der Waals surface area contributed by atoms with Crippen LogP contribution >= 0.6 is 0 Å². The molecule has 3 N–H and O–H groups in total. The first kappa shape index (κ1) is 16.0. The SMILES string of the molecule is N[C@H](c1ccccc1)c1nnc(NCc2ccccc2-n2ccnc2)o1. The van der Waals surface area contributed by atoms with E-state index in [1.165, 1.54) is 0 Å². The number of hydrogen-bond acceptors (Lipinski definition) is 6. The minimum Gasteiger partial charge on any atom is -0.406 e. The van der Waals surface area contributed by atoms with Crippen molar-refractivity contribution in [3.8, 4) is 5.69 Å². The number of imidazole rings is 1. The molecule has 0 aliphatic heterocycles. The second-order valence-electron chi connectivity index (χ2n) is 5.79. The van der Waals surface area contributed by atoms with Gasteiger partial charge in [-0.25, -0.2) is 4.98 Å². The highest BCUT2D eigenvalue weighted by Crippen LogP contribution is 2.20. The Morgan fingerprint density at radius 2 is 1.85 bits per heavy atom. The fourth-order valence-corrected chi connectivity index (χ4v) is 2.72. The molecule has 26 heavy (non-hydrogen) atoms. The van der Waals surface area contributed by atoms with Gasteiger partial charge < -0.3 is 20.0 Å². The Bertz CT molecular complexity index is 965. The summed E-state index contributed by atoms with van der Waals surface area (Å²) in [6.07, 6.45) is 5.42. The fourth-order valence-electron chi connectivity index (χ4n) is 2.72. The normalized spacial score (nSPS) is 12.0. The van der Waals surface area contributed by atoms with Gasteiger partial charge in [-0.3, -0.25) is 0 Å². The molecule has 0 amide bonds. The number of benzene rings is 2. The lowest BCUT2D eigenvalue weighted by atomic mass is 10.1. The number of rotatable bonds is 6. The minimum absolute atomic E-state index is 0.340. The van der Waals surface area contributed by atoms with Crippen LogP contribution < -0.4 is 11.1 Å². The van der Waals surface area contributed by atoms with Gasteiger partial charge in [0.2, 0.25) is 5.89 Å². The summed E-state index contributed by atoms with van der Waals surface area (Å²) in [5.74, 6) is 0.376. The van der Waals surface area contributed by atoms with Crippen molar-refractivity contribution >= 4 is 6.01 Å². The molecule has 0 aliphatic rings. The summed E-state index contributed by atoms with van der Waals surface area (Å²) in [7, 11) is 0. The van der Waals surface area contributed by atoms with Crippen LogP contribution in [-0.4, -0.2) is 19.7 Å². The summed E-state index contributed by atoms with van der Waals surface area (Å²) in [4.78, 5) is 4.10. The summed E-state index contributed by atoms with van der Waals surface area (Å²) in [5.41, 5.74) is 9.24. The molecule has 0 bridgehead atoms. The topological polar surface area (TPSA) is 94.8 Å². The Morgan fingerprint density at radius 1 is 1.04 bits per heavy atom. The van der Waals surface area contributed by atoms with E-state index < -0.39 is 6.04 Å². The molecule has 0 aliphatic carbocycles. The average molecular weight is 346 g/mol. The quantitative estimate of drug-likeness (QED) is 0.557. The lowest BCUT2D eigenvalue weighted by Gasteiger charge is -2.10. The van der Waals surface area contributed by atoms with E-state index in [9.17, 15) is 0 Å². The molecule has 0 saturated heterocycles. The van der Waals surface area contributed by atoms with E-state index in [0.717, 1.165) is 16.8 Å². The second-order valence-corrected chi connectivity index (χ2v) is 5.79. The van der Waals surface area contributed by atoms with E-state index in [-0.39, 0.29) is 0 Å². The Balaban J connectivity index is 1.48. The van der Waals surface area contributed by atoms with Gasteiger partial charge >= 0.3 is 6.01 Å². The molecule has 2 aromatic carbocycles. The molecular formula is C19H18N6O. The fraction of sp³-hybridized carbons (Fsp3) is 0.105. The lowest BCUT2D eigenvalue weighted by molar-refractivity contribution is 0.483. The van der Waals surface area contributed by atoms with E-state index in [1.807, 2.05) is 65.4 Å². The van der Waals surface area contributed by atoms with Crippen LogP contribution in [0.5, 0.6) is 0 Å². The van der Waals surface area contributed by atoms with Crippen molar-refractivity contribution in [2.75, 3.05) is 5.32 Å². The summed E-state index contributed by atoms with van der Waals surface area (Å²) < 4.78 is 7.63. The zero-order valence-electron chi connectivity index (χ0n) is 14.0. The predicted molar refractivity (Wildman–Crippen MR) is 97.7 cm³/mol. The zero-order valence-corrected chi connectivity index (χ0v) is 14.0. The largest absolute Gasteiger partial charge is 0.406 e. The molecule has 130 valence electrons. The highest BCUT2D eigenvalue weighted by atomic mass is 16.4. The van der Waals surface area contributed by atoms with Gasteiger partial charge in [0, 0.05) is 18.9 Å². The van der Waals surface area contributed by atoms with Gasteiger partial charge in [0.25, 0.3) is 0 Å². The molecule has 0 saturated carbocycles. The standard InChI is InChI=1S/C19H18N6O/c20-17(14-6-2-1-3-7-14)18-23-24-19(26-18)22-12-15-8-4-5-9-16(15)25-11-10-21-13-25/h1-11,13,17H,12,20H2,(H,22,24)/t17-/m1/s1. The van der Waals surface area contributed by atoms with Gasteiger partial charge in [-0.2, -0.15) is 0 Å². The zero-order chi connectivity index (χ0) is 17.8. The molecule has 0 spiro atoms. The average Bonchev–Trinajstić information content (AvgIpc) is 3.39. The monoisotopic (exact) mass is 346 g/mol. The Labute approximate surface area is 150 Å². The molecule has 2 aromatic heterocycles. The molecule has 0 fully saturated rings. The lowest BCUT2D eigenvalue weighted by Crippen LogP contribution is -2.12. The minimum atomic E-state index is -0.447. The number of nitrogens with two attached hydrogens (primary N) is 1. The highest BCUT2D eigenvalue weighted by molar-refractivity contribution is 5.42. The van der Waals surface area contributed by atoms with Crippen molar-refractivity contribution in [2.45, 2.75) is 12.6 Å². The van der Waals surface area contributed by atoms with Crippen LogP contribution in [0.1, 0.15) is 23.1 Å². The highest BCUT2D eigenvalue weighted by Gasteiger charge is 2.16. The summed E-state index contributed by atoms with van der Waals surface area (Å²) in [5, 5.41) is 11.3. The molecule has 1 atom stereocenters. The number of nitrogens with zero attached hydrogens (tertiary/aromatic N) is 4. The first-order valence-electron chi connectivity index (χ1n) is 8.25. The van der Waals surface area contributed by atoms with Crippen molar-refractivity contribution in [3.05, 3.63) is 90.3 Å². The predicted octanol–water partition coefficient (Wildman–Crippen LogP) is 2.92. The molecule has 2 heterocycles. The van der Waals surface area contributed by atoms with Crippen LogP contribution in [0.3, 0.4) is 0 Å². The van der Waals surface area contributed by atoms with Crippen LogP contribution in [-0.2, 0) is 6.54 Å². The van der Waals surface area contributed by atoms with Crippen LogP contribution in [0.4, 0.5) is 6.01 Å². The van der Waals surface area contributed by atoms with Crippen molar-refractivity contribution in [2.24, 2.45) is 5.73 Å². The second kappa shape index (κ2) is 7.20. The summed E-state index contributed by atoms with van der Waals surface area (Å²) in [6.45, 7) is 0.538. The summed E-state index contributed by atoms with van der Waals surface area (Å²) in [6, 6.07) is 17.6.